The minimum Gasteiger partial charge on any atom is -0.417 e. The second-order valence-electron chi connectivity index (χ2n) is 10.5. The summed E-state index contributed by atoms with van der Waals surface area (Å²) in [6, 6.07) is 43.1. The van der Waals surface area contributed by atoms with Gasteiger partial charge in [-0.15, -0.1) is 0 Å². The van der Waals surface area contributed by atoms with Gasteiger partial charge in [-0.05, 0) is 48.5 Å². The molecule has 0 saturated carbocycles. The fourth-order valence-corrected chi connectivity index (χ4v) is 9.87. The van der Waals surface area contributed by atoms with E-state index in [1.807, 2.05) is 48.5 Å². The number of nitrogens with zero attached hydrogens (tertiary/aromatic N) is 5. The molecule has 0 spiro atoms. The van der Waals surface area contributed by atoms with Crippen molar-refractivity contribution in [2.45, 2.75) is 0 Å². The first kappa shape index (κ1) is 29.2. The maximum Gasteiger partial charge on any atom is 0.262 e. The van der Waals surface area contributed by atoms with Crippen LogP contribution in [0.2, 0.25) is 0 Å². The van der Waals surface area contributed by atoms with E-state index in [-0.39, 0.29) is 11.6 Å². The van der Waals surface area contributed by atoms with E-state index in [1.165, 1.54) is 6.21 Å². The molecule has 2 aromatic heterocycles. The fraction of sp³-hybridized carbons (Fsp3) is 0.111. The lowest BCUT2D eigenvalue weighted by molar-refractivity contribution is 0.121. The molecule has 0 radical (unpaired) electrons. The largest absolute Gasteiger partial charge is 0.417 e. The van der Waals surface area contributed by atoms with Crippen molar-refractivity contribution in [3.63, 3.8) is 0 Å². The molecule has 0 amide bonds. The molecular weight excluding hydrogens is 595 g/mol. The number of morpholine rings is 1. The smallest absolute Gasteiger partial charge is 0.262 e. The summed E-state index contributed by atoms with van der Waals surface area (Å²) in [6.45, 7) is 2.51. The first-order chi connectivity index (χ1) is 22.8. The van der Waals surface area contributed by atoms with Crippen LogP contribution in [-0.2, 0) is 4.74 Å². The second-order valence-corrected chi connectivity index (χ2v) is 13.8. The van der Waals surface area contributed by atoms with E-state index in [0.29, 0.717) is 44.0 Å². The zero-order valence-electron chi connectivity index (χ0n) is 24.9. The molecule has 1 aliphatic heterocycles. The van der Waals surface area contributed by atoms with Crippen LogP contribution in [0.4, 0.5) is 11.8 Å². The molecule has 0 aliphatic carbocycles. The molecule has 7 rings (SSSR count). The van der Waals surface area contributed by atoms with Crippen LogP contribution in [-0.4, -0.2) is 42.5 Å². The summed E-state index contributed by atoms with van der Waals surface area (Å²) in [7, 11) is -2.56. The van der Waals surface area contributed by atoms with Crippen LogP contribution in [0.25, 0.3) is 11.5 Å². The standard InChI is InChI=1S/C36H30N6O3P/c37-25-31-34(45-33(39-31)27-13-5-1-6-14-27)41-38-26-32-40-35(36(44-32)42-21-23-43-24-22-42)46(28-15-7-2-8-16-28,29-17-9-3-10-18-29)30-19-11-4-12-20-30/h1-20,26,41H,21-24H2/q+1. The van der Waals surface area contributed by atoms with Crippen LogP contribution in [0.1, 0.15) is 11.6 Å². The number of hydrogen-bond acceptors (Lipinski definition) is 9. The highest BCUT2D eigenvalue weighted by Crippen LogP contribution is 2.56. The van der Waals surface area contributed by atoms with Gasteiger partial charge in [-0.1, -0.05) is 72.8 Å². The number of hydrogen-bond donors (Lipinski definition) is 1. The molecule has 46 heavy (non-hydrogen) atoms. The molecule has 1 fully saturated rings. The van der Waals surface area contributed by atoms with Gasteiger partial charge >= 0.3 is 0 Å². The van der Waals surface area contributed by atoms with E-state index < -0.39 is 7.26 Å². The second kappa shape index (κ2) is 13.2. The number of hydrazone groups is 1. The van der Waals surface area contributed by atoms with Gasteiger partial charge in [0.05, 0.1) is 13.2 Å². The zero-order chi connectivity index (χ0) is 31.2. The van der Waals surface area contributed by atoms with Crippen LogP contribution >= 0.6 is 7.26 Å². The van der Waals surface area contributed by atoms with E-state index >= 15 is 0 Å². The fourth-order valence-electron chi connectivity index (χ4n) is 5.66. The molecule has 6 aromatic rings. The molecule has 10 heteroatoms. The van der Waals surface area contributed by atoms with Crippen molar-refractivity contribution in [3.05, 3.63) is 133 Å². The summed E-state index contributed by atoms with van der Waals surface area (Å²) in [5.74, 6) is 1.47. The molecule has 3 heterocycles. The highest BCUT2D eigenvalue weighted by atomic mass is 31.2. The maximum absolute atomic E-state index is 9.69. The Kier molecular flexibility index (Phi) is 8.38. The Hall–Kier alpha value is -5.55. The Morgan fingerprint density at radius 1 is 0.739 bits per heavy atom. The van der Waals surface area contributed by atoms with E-state index in [2.05, 4.69) is 99.3 Å². The van der Waals surface area contributed by atoms with E-state index in [4.69, 9.17) is 18.6 Å². The molecule has 0 unspecified atom stereocenters. The van der Waals surface area contributed by atoms with Gasteiger partial charge in [-0.3, -0.25) is 0 Å². The Bertz CT molecular complexity index is 1870. The van der Waals surface area contributed by atoms with Gasteiger partial charge in [-0.25, -0.2) is 5.43 Å². The van der Waals surface area contributed by atoms with Gasteiger partial charge in [0.15, 0.2) is 7.26 Å². The lowest BCUT2D eigenvalue weighted by Crippen LogP contribution is -2.44. The van der Waals surface area contributed by atoms with Crippen molar-refractivity contribution >= 4 is 46.6 Å². The summed E-state index contributed by atoms with van der Waals surface area (Å²) < 4.78 is 18.1. The van der Waals surface area contributed by atoms with E-state index in [1.54, 1.807) is 0 Å². The quantitative estimate of drug-likeness (QED) is 0.134. The predicted octanol–water partition coefficient (Wildman–Crippen LogP) is 5.10. The van der Waals surface area contributed by atoms with Gasteiger partial charge < -0.3 is 18.5 Å². The van der Waals surface area contributed by atoms with Crippen molar-refractivity contribution in [2.24, 2.45) is 5.10 Å². The van der Waals surface area contributed by atoms with Crippen LogP contribution in [0, 0.1) is 11.3 Å². The van der Waals surface area contributed by atoms with Crippen LogP contribution in [0.15, 0.2) is 135 Å². The molecule has 1 saturated heterocycles. The Labute approximate surface area is 267 Å². The third-order valence-electron chi connectivity index (χ3n) is 7.75. The summed E-state index contributed by atoms with van der Waals surface area (Å²) in [4.78, 5) is 11.7. The number of ether oxygens (including phenoxy) is 1. The zero-order valence-corrected chi connectivity index (χ0v) is 25.8. The van der Waals surface area contributed by atoms with Gasteiger partial charge in [0, 0.05) is 18.7 Å². The van der Waals surface area contributed by atoms with Gasteiger partial charge in [0.1, 0.15) is 28.2 Å². The Morgan fingerprint density at radius 2 is 1.28 bits per heavy atom. The van der Waals surface area contributed by atoms with Crippen LogP contribution < -0.4 is 31.7 Å². The first-order valence-electron chi connectivity index (χ1n) is 14.9. The number of anilines is 2. The topological polar surface area (TPSA) is 113 Å². The lowest BCUT2D eigenvalue weighted by Gasteiger charge is -2.30. The predicted molar refractivity (Wildman–Crippen MR) is 182 cm³/mol. The van der Waals surface area contributed by atoms with Gasteiger partial charge in [0.2, 0.25) is 17.5 Å². The molecule has 1 N–H and O–H groups in total. The summed E-state index contributed by atoms with van der Waals surface area (Å²) in [6.07, 6.45) is 1.51. The highest BCUT2D eigenvalue weighted by Gasteiger charge is 2.53. The number of oxazole rings is 2. The summed E-state index contributed by atoms with van der Waals surface area (Å²) in [5.41, 5.74) is 4.54. The van der Waals surface area contributed by atoms with Gasteiger partial charge in [-0.2, -0.15) is 20.3 Å². The first-order valence-corrected chi connectivity index (χ1v) is 16.7. The molecule has 226 valence electrons. The minimum absolute atomic E-state index is 0.0975. The molecule has 0 atom stereocenters. The van der Waals surface area contributed by atoms with Crippen LogP contribution in [0.3, 0.4) is 0 Å². The van der Waals surface area contributed by atoms with Crippen molar-refractivity contribution in [2.75, 3.05) is 36.6 Å². The molecular formula is C36H30N6O3P+. The van der Waals surface area contributed by atoms with Crippen molar-refractivity contribution in [1.82, 2.24) is 9.97 Å². The number of aromatic nitrogens is 2. The number of rotatable bonds is 9. The minimum atomic E-state index is -2.56. The third-order valence-corrected chi connectivity index (χ3v) is 11.9. The summed E-state index contributed by atoms with van der Waals surface area (Å²) in [5, 5.41) is 17.5. The Balaban J connectivity index is 1.36. The number of nitrogens with one attached hydrogen (secondary N) is 1. The summed E-state index contributed by atoms with van der Waals surface area (Å²) >= 11 is 0. The molecule has 4 aromatic carbocycles. The van der Waals surface area contributed by atoms with Gasteiger partial charge in [0.25, 0.3) is 17.2 Å². The lowest BCUT2D eigenvalue weighted by atomic mass is 10.2. The van der Waals surface area contributed by atoms with E-state index in [0.717, 1.165) is 26.9 Å². The molecule has 1 aliphatic rings. The molecule has 9 nitrogen and oxygen atoms in total. The van der Waals surface area contributed by atoms with Crippen molar-refractivity contribution < 1.29 is 13.6 Å². The Morgan fingerprint density at radius 3 is 1.83 bits per heavy atom. The highest BCUT2D eigenvalue weighted by molar-refractivity contribution is 8.01. The normalized spacial score (nSPS) is 13.5. The average Bonchev–Trinajstić information content (AvgIpc) is 3.76. The molecule has 0 bridgehead atoms. The van der Waals surface area contributed by atoms with Crippen molar-refractivity contribution in [1.29, 1.82) is 5.26 Å². The van der Waals surface area contributed by atoms with Crippen LogP contribution in [0.5, 0.6) is 0 Å². The van der Waals surface area contributed by atoms with E-state index in [9.17, 15) is 5.26 Å². The maximum atomic E-state index is 9.69. The average molecular weight is 626 g/mol. The van der Waals surface area contributed by atoms with Crippen molar-refractivity contribution in [3.8, 4) is 17.5 Å². The third kappa shape index (κ3) is 5.56. The number of benzene rings is 4. The monoisotopic (exact) mass is 625 g/mol. The number of nitriles is 1. The SMILES string of the molecule is N#Cc1nc(-c2ccccc2)oc1NN=Cc1nc([P+](c2ccccc2)(c2ccccc2)c2ccccc2)c(N2CCOCC2)o1.